The number of benzene rings is 3. The highest BCUT2D eigenvalue weighted by atomic mass is 35.5. The van der Waals surface area contributed by atoms with Gasteiger partial charge in [0.1, 0.15) is 11.6 Å². The van der Waals surface area contributed by atoms with Crippen LogP contribution in [0.5, 0.6) is 0 Å². The van der Waals surface area contributed by atoms with Crippen molar-refractivity contribution in [3.05, 3.63) is 94.6 Å². The zero-order valence-electron chi connectivity index (χ0n) is 15.0. The van der Waals surface area contributed by atoms with Gasteiger partial charge in [0.15, 0.2) is 0 Å². The van der Waals surface area contributed by atoms with Crippen LogP contribution in [0.15, 0.2) is 94.4 Å². The highest BCUT2D eigenvalue weighted by Gasteiger charge is 2.12. The van der Waals surface area contributed by atoms with Crippen molar-refractivity contribution in [1.29, 1.82) is 5.26 Å². The number of nitriles is 1. The number of carbonyl (C=O) groups excluding carboxylic acids is 1. The summed E-state index contributed by atoms with van der Waals surface area (Å²) >= 11 is 13.5. The second-order valence-electron chi connectivity index (χ2n) is 5.80. The van der Waals surface area contributed by atoms with Crippen molar-refractivity contribution < 1.29 is 4.79 Å². The lowest BCUT2D eigenvalue weighted by molar-refractivity contribution is -0.112. The first-order chi connectivity index (χ1) is 14.1. The molecule has 0 bridgehead atoms. The molecule has 2 N–H and O–H groups in total. The second-order valence-corrected chi connectivity index (χ2v) is 7.76. The summed E-state index contributed by atoms with van der Waals surface area (Å²) in [7, 11) is 0. The standard InChI is InChI=1S/C22H15Cl2N3OS/c23-16-10-11-19(18(24)12-16)26-14-15(13-25)22(28)27-20-8-4-5-9-21(20)29-17-6-2-1-3-7-17/h1-12,14,26H,(H,27,28)/b15-14-. The van der Waals surface area contributed by atoms with Crippen molar-refractivity contribution in [3.8, 4) is 6.07 Å². The number of rotatable bonds is 6. The summed E-state index contributed by atoms with van der Waals surface area (Å²) < 4.78 is 0. The largest absolute Gasteiger partial charge is 0.359 e. The Hall–Kier alpha value is -2.91. The molecule has 4 nitrogen and oxygen atoms in total. The molecule has 0 saturated carbocycles. The van der Waals surface area contributed by atoms with Crippen LogP contribution in [-0.2, 0) is 4.79 Å². The fourth-order valence-corrected chi connectivity index (χ4v) is 3.75. The van der Waals surface area contributed by atoms with Crippen LogP contribution in [0.3, 0.4) is 0 Å². The number of halogens is 2. The predicted molar refractivity (Wildman–Crippen MR) is 119 cm³/mol. The van der Waals surface area contributed by atoms with Crippen molar-refractivity contribution in [2.24, 2.45) is 0 Å². The van der Waals surface area contributed by atoms with E-state index in [1.807, 2.05) is 54.6 Å². The van der Waals surface area contributed by atoms with E-state index in [2.05, 4.69) is 10.6 Å². The van der Waals surface area contributed by atoms with E-state index in [9.17, 15) is 10.1 Å². The number of para-hydroxylation sites is 1. The normalized spacial score (nSPS) is 10.9. The Balaban J connectivity index is 1.75. The summed E-state index contributed by atoms with van der Waals surface area (Å²) in [5, 5.41) is 15.9. The zero-order valence-corrected chi connectivity index (χ0v) is 17.4. The Morgan fingerprint density at radius 2 is 1.69 bits per heavy atom. The third kappa shape index (κ3) is 5.78. The molecule has 3 aromatic rings. The fraction of sp³-hybridized carbons (Fsp3) is 0. The molecule has 0 fully saturated rings. The number of hydrogen-bond acceptors (Lipinski definition) is 4. The lowest BCUT2D eigenvalue weighted by atomic mass is 10.2. The smallest absolute Gasteiger partial charge is 0.267 e. The monoisotopic (exact) mass is 439 g/mol. The minimum absolute atomic E-state index is 0.0875. The maximum absolute atomic E-state index is 12.6. The van der Waals surface area contributed by atoms with E-state index in [-0.39, 0.29) is 5.57 Å². The van der Waals surface area contributed by atoms with Crippen LogP contribution in [0.2, 0.25) is 10.0 Å². The molecule has 7 heteroatoms. The van der Waals surface area contributed by atoms with Crippen LogP contribution in [0.1, 0.15) is 0 Å². The Kier molecular flexibility index (Phi) is 7.20. The number of nitrogens with one attached hydrogen (secondary N) is 2. The minimum Gasteiger partial charge on any atom is -0.359 e. The van der Waals surface area contributed by atoms with Crippen molar-refractivity contribution in [2.45, 2.75) is 9.79 Å². The van der Waals surface area contributed by atoms with Crippen molar-refractivity contribution in [1.82, 2.24) is 0 Å². The van der Waals surface area contributed by atoms with Gasteiger partial charge in [0.25, 0.3) is 5.91 Å². The summed E-state index contributed by atoms with van der Waals surface area (Å²) in [6, 6.07) is 24.1. The van der Waals surface area contributed by atoms with E-state index in [1.165, 1.54) is 18.0 Å². The van der Waals surface area contributed by atoms with Gasteiger partial charge in [-0.2, -0.15) is 5.26 Å². The maximum Gasteiger partial charge on any atom is 0.267 e. The Labute approximate surface area is 183 Å². The van der Waals surface area contributed by atoms with E-state index in [4.69, 9.17) is 23.2 Å². The third-order valence-electron chi connectivity index (χ3n) is 3.77. The van der Waals surface area contributed by atoms with Crippen LogP contribution in [-0.4, -0.2) is 5.91 Å². The summed E-state index contributed by atoms with van der Waals surface area (Å²) in [6.07, 6.45) is 1.32. The summed E-state index contributed by atoms with van der Waals surface area (Å²) in [6.45, 7) is 0. The molecule has 1 amide bonds. The molecule has 0 atom stereocenters. The fourth-order valence-electron chi connectivity index (χ4n) is 2.37. The molecule has 0 aliphatic heterocycles. The number of carbonyl (C=O) groups is 1. The Morgan fingerprint density at radius 3 is 2.41 bits per heavy atom. The molecular formula is C22H15Cl2N3OS. The average Bonchev–Trinajstić information content (AvgIpc) is 2.72. The molecule has 0 aliphatic rings. The van der Waals surface area contributed by atoms with Gasteiger partial charge in [-0.05, 0) is 42.5 Å². The average molecular weight is 440 g/mol. The van der Waals surface area contributed by atoms with Gasteiger partial charge in [0, 0.05) is 21.0 Å². The predicted octanol–water partition coefficient (Wildman–Crippen LogP) is 6.60. The molecule has 0 unspecified atom stereocenters. The second kappa shape index (κ2) is 10.0. The molecule has 0 aromatic heterocycles. The van der Waals surface area contributed by atoms with Gasteiger partial charge >= 0.3 is 0 Å². The summed E-state index contributed by atoms with van der Waals surface area (Å²) in [4.78, 5) is 14.5. The molecule has 0 heterocycles. The van der Waals surface area contributed by atoms with Gasteiger partial charge in [-0.25, -0.2) is 0 Å². The highest BCUT2D eigenvalue weighted by Crippen LogP contribution is 2.33. The quantitative estimate of drug-likeness (QED) is 0.335. The van der Waals surface area contributed by atoms with Crippen LogP contribution < -0.4 is 10.6 Å². The van der Waals surface area contributed by atoms with E-state index in [1.54, 1.807) is 24.3 Å². The van der Waals surface area contributed by atoms with Gasteiger partial charge in [0.2, 0.25) is 0 Å². The Morgan fingerprint density at radius 1 is 0.966 bits per heavy atom. The third-order valence-corrected chi connectivity index (χ3v) is 5.41. The minimum atomic E-state index is -0.522. The lowest BCUT2D eigenvalue weighted by Crippen LogP contribution is -2.15. The van der Waals surface area contributed by atoms with E-state index in [0.717, 1.165) is 9.79 Å². The van der Waals surface area contributed by atoms with Crippen molar-refractivity contribution in [3.63, 3.8) is 0 Å². The number of hydrogen-bond donors (Lipinski definition) is 2. The maximum atomic E-state index is 12.6. The van der Waals surface area contributed by atoms with Gasteiger partial charge in [-0.15, -0.1) is 0 Å². The van der Waals surface area contributed by atoms with E-state index >= 15 is 0 Å². The molecule has 0 spiro atoms. The molecule has 3 rings (SSSR count). The molecular weight excluding hydrogens is 425 g/mol. The van der Waals surface area contributed by atoms with Crippen LogP contribution >= 0.6 is 35.0 Å². The lowest BCUT2D eigenvalue weighted by Gasteiger charge is -2.11. The van der Waals surface area contributed by atoms with Gasteiger partial charge in [-0.1, -0.05) is 65.3 Å². The summed E-state index contributed by atoms with van der Waals surface area (Å²) in [5.74, 6) is -0.522. The number of nitrogens with zero attached hydrogens (tertiary/aromatic N) is 1. The first-order valence-corrected chi connectivity index (χ1v) is 10.1. The SMILES string of the molecule is N#C/C(=C/Nc1ccc(Cl)cc1Cl)C(=O)Nc1ccccc1Sc1ccccc1. The molecule has 0 radical (unpaired) electrons. The molecule has 0 aliphatic carbocycles. The number of amides is 1. The Bertz CT molecular complexity index is 1090. The van der Waals surface area contributed by atoms with Crippen LogP contribution in [0, 0.1) is 11.3 Å². The number of anilines is 2. The van der Waals surface area contributed by atoms with E-state index in [0.29, 0.717) is 21.4 Å². The van der Waals surface area contributed by atoms with Gasteiger partial charge in [-0.3, -0.25) is 4.79 Å². The molecule has 29 heavy (non-hydrogen) atoms. The highest BCUT2D eigenvalue weighted by molar-refractivity contribution is 7.99. The molecule has 0 saturated heterocycles. The van der Waals surface area contributed by atoms with E-state index < -0.39 is 5.91 Å². The molecule has 144 valence electrons. The molecule has 3 aromatic carbocycles. The first kappa shape index (κ1) is 20.8. The van der Waals surface area contributed by atoms with Crippen molar-refractivity contribution in [2.75, 3.05) is 10.6 Å². The zero-order chi connectivity index (χ0) is 20.6. The van der Waals surface area contributed by atoms with Crippen molar-refractivity contribution >= 4 is 52.2 Å². The summed E-state index contributed by atoms with van der Waals surface area (Å²) in [5.41, 5.74) is 1.07. The van der Waals surface area contributed by atoms with Gasteiger partial charge in [0.05, 0.1) is 16.4 Å². The first-order valence-electron chi connectivity index (χ1n) is 8.52. The van der Waals surface area contributed by atoms with Gasteiger partial charge < -0.3 is 10.6 Å². The topological polar surface area (TPSA) is 64.9 Å². The van der Waals surface area contributed by atoms with Crippen LogP contribution in [0.25, 0.3) is 0 Å². The van der Waals surface area contributed by atoms with Crippen LogP contribution in [0.4, 0.5) is 11.4 Å².